The van der Waals surface area contributed by atoms with E-state index in [9.17, 15) is 13.2 Å². The lowest BCUT2D eigenvalue weighted by Gasteiger charge is -2.23. The van der Waals surface area contributed by atoms with Gasteiger partial charge in [-0.3, -0.25) is 9.52 Å². The van der Waals surface area contributed by atoms with Gasteiger partial charge >= 0.3 is 0 Å². The van der Waals surface area contributed by atoms with Gasteiger partial charge in [-0.05, 0) is 73.4 Å². The molecule has 32 heavy (non-hydrogen) atoms. The summed E-state index contributed by atoms with van der Waals surface area (Å²) in [6.07, 6.45) is 9.93. The zero-order chi connectivity index (χ0) is 22.6. The molecule has 0 unspecified atom stereocenters. The first-order valence-electron chi connectivity index (χ1n) is 11.9. The number of anilines is 1. The van der Waals surface area contributed by atoms with Gasteiger partial charge in [-0.25, -0.2) is 8.42 Å². The molecule has 2 aromatic carbocycles. The van der Waals surface area contributed by atoms with Crippen molar-refractivity contribution in [2.24, 2.45) is 5.92 Å². The molecule has 0 saturated heterocycles. The van der Waals surface area contributed by atoms with E-state index in [0.717, 1.165) is 43.4 Å². The minimum absolute atomic E-state index is 0.114. The molecule has 0 aromatic heterocycles. The van der Waals surface area contributed by atoms with Crippen LogP contribution in [0.25, 0.3) is 0 Å². The average Bonchev–Trinajstić information content (AvgIpc) is 3.61. The number of carbonyl (C=O) groups excluding carboxylic acids is 1. The van der Waals surface area contributed by atoms with Crippen molar-refractivity contribution in [2.75, 3.05) is 11.3 Å². The van der Waals surface area contributed by atoms with Crippen molar-refractivity contribution in [1.82, 2.24) is 5.32 Å². The number of benzene rings is 2. The fourth-order valence-electron chi connectivity index (χ4n) is 4.76. The van der Waals surface area contributed by atoms with Crippen molar-refractivity contribution < 1.29 is 13.2 Å². The second-order valence-electron chi connectivity index (χ2n) is 9.37. The monoisotopic (exact) mass is 454 g/mol. The number of hydrogen-bond acceptors (Lipinski definition) is 3. The lowest BCUT2D eigenvalue weighted by molar-refractivity contribution is -0.123. The Hall–Kier alpha value is -2.34. The van der Waals surface area contributed by atoms with E-state index in [1.54, 1.807) is 24.3 Å². The molecule has 0 radical (unpaired) electrons. The largest absolute Gasteiger partial charge is 0.355 e. The van der Waals surface area contributed by atoms with Crippen LogP contribution in [0.15, 0.2) is 53.4 Å². The zero-order valence-corrected chi connectivity index (χ0v) is 19.7. The Morgan fingerprint density at radius 2 is 1.62 bits per heavy atom. The van der Waals surface area contributed by atoms with Crippen LogP contribution < -0.4 is 10.0 Å². The molecule has 2 aliphatic carbocycles. The zero-order valence-electron chi connectivity index (χ0n) is 18.9. The van der Waals surface area contributed by atoms with Crippen molar-refractivity contribution in [1.29, 1.82) is 0 Å². The highest BCUT2D eigenvalue weighted by Gasteiger charge is 2.51. The van der Waals surface area contributed by atoms with E-state index >= 15 is 0 Å². The summed E-state index contributed by atoms with van der Waals surface area (Å²) in [5.41, 5.74) is 2.16. The van der Waals surface area contributed by atoms with E-state index in [-0.39, 0.29) is 10.8 Å². The highest BCUT2D eigenvalue weighted by atomic mass is 32.2. The Bertz CT molecular complexity index is 1020. The van der Waals surface area contributed by atoms with Gasteiger partial charge in [-0.15, -0.1) is 0 Å². The summed E-state index contributed by atoms with van der Waals surface area (Å²) in [5, 5.41) is 3.19. The van der Waals surface area contributed by atoms with Crippen LogP contribution in [-0.4, -0.2) is 20.9 Å². The van der Waals surface area contributed by atoms with E-state index in [2.05, 4.69) is 17.0 Å². The fourth-order valence-corrected chi connectivity index (χ4v) is 5.82. The maximum absolute atomic E-state index is 12.9. The molecule has 0 spiro atoms. The molecule has 2 fully saturated rings. The van der Waals surface area contributed by atoms with Crippen LogP contribution in [0.1, 0.15) is 69.4 Å². The molecular weight excluding hydrogens is 420 g/mol. The average molecular weight is 455 g/mol. The quantitative estimate of drug-likeness (QED) is 0.549. The van der Waals surface area contributed by atoms with E-state index in [1.807, 2.05) is 24.3 Å². The first-order chi connectivity index (χ1) is 15.4. The third kappa shape index (κ3) is 5.17. The Kier molecular flexibility index (Phi) is 6.89. The van der Waals surface area contributed by atoms with Gasteiger partial charge in [0.1, 0.15) is 0 Å². The molecule has 2 N–H and O–H groups in total. The van der Waals surface area contributed by atoms with Gasteiger partial charge < -0.3 is 5.32 Å². The Labute approximate surface area is 192 Å². The lowest BCUT2D eigenvalue weighted by Crippen LogP contribution is -2.38. The highest BCUT2D eigenvalue weighted by Crippen LogP contribution is 2.48. The summed E-state index contributed by atoms with van der Waals surface area (Å²) in [6, 6.07) is 14.3. The summed E-state index contributed by atoms with van der Waals surface area (Å²) in [7, 11) is -3.64. The predicted molar refractivity (Wildman–Crippen MR) is 128 cm³/mol. The Morgan fingerprint density at radius 1 is 0.969 bits per heavy atom. The molecule has 2 saturated carbocycles. The highest BCUT2D eigenvalue weighted by molar-refractivity contribution is 7.92. The molecule has 0 atom stereocenters. The smallest absolute Gasteiger partial charge is 0.261 e. The van der Waals surface area contributed by atoms with Crippen molar-refractivity contribution in [2.45, 2.75) is 75.0 Å². The number of amides is 1. The number of hydrogen-bond donors (Lipinski definition) is 2. The maximum atomic E-state index is 12.9. The predicted octanol–water partition coefficient (Wildman–Crippen LogP) is 5.17. The Balaban J connectivity index is 1.38. The third-order valence-corrected chi connectivity index (χ3v) is 8.32. The summed E-state index contributed by atoms with van der Waals surface area (Å²) in [4.78, 5) is 13.2. The van der Waals surface area contributed by atoms with Crippen LogP contribution in [0.4, 0.5) is 5.69 Å². The van der Waals surface area contributed by atoms with Crippen molar-refractivity contribution in [3.05, 3.63) is 59.7 Å². The Morgan fingerprint density at radius 3 is 2.22 bits per heavy atom. The normalized spacial score (nSPS) is 18.2. The van der Waals surface area contributed by atoms with E-state index in [1.165, 1.54) is 32.1 Å². The van der Waals surface area contributed by atoms with Crippen LogP contribution in [-0.2, 0) is 26.7 Å². The second-order valence-corrected chi connectivity index (χ2v) is 11.1. The molecule has 0 bridgehead atoms. The fraction of sp³-hybridized carbons (Fsp3) is 0.500. The summed E-state index contributed by atoms with van der Waals surface area (Å²) < 4.78 is 28.1. The van der Waals surface area contributed by atoms with Crippen molar-refractivity contribution in [3.63, 3.8) is 0 Å². The van der Waals surface area contributed by atoms with Gasteiger partial charge in [0, 0.05) is 12.2 Å². The van der Waals surface area contributed by atoms with E-state index < -0.39 is 15.4 Å². The second kappa shape index (κ2) is 9.65. The number of sulfonamides is 1. The van der Waals surface area contributed by atoms with Gasteiger partial charge in [0.25, 0.3) is 10.0 Å². The molecule has 1 amide bonds. The summed E-state index contributed by atoms with van der Waals surface area (Å²) >= 11 is 0. The molecular formula is C26H34N2O3S. The van der Waals surface area contributed by atoms with Gasteiger partial charge in [-0.1, -0.05) is 56.9 Å². The molecule has 4 rings (SSSR count). The third-order valence-electron chi connectivity index (χ3n) is 6.92. The van der Waals surface area contributed by atoms with Gasteiger partial charge in [0.05, 0.1) is 10.3 Å². The number of nitrogens with one attached hydrogen (secondary N) is 2. The molecule has 2 aromatic rings. The number of rotatable bonds is 9. The first kappa shape index (κ1) is 22.8. The molecule has 172 valence electrons. The molecule has 6 heteroatoms. The van der Waals surface area contributed by atoms with Gasteiger partial charge in [0.15, 0.2) is 0 Å². The molecule has 0 aliphatic heterocycles. The van der Waals surface area contributed by atoms with Crippen molar-refractivity contribution >= 4 is 21.6 Å². The lowest BCUT2D eigenvalue weighted by atomic mass is 9.88. The summed E-state index contributed by atoms with van der Waals surface area (Å²) in [6.45, 7) is 2.87. The summed E-state index contributed by atoms with van der Waals surface area (Å²) in [5.74, 6) is 0.722. The van der Waals surface area contributed by atoms with E-state index in [0.29, 0.717) is 11.6 Å². The maximum Gasteiger partial charge on any atom is 0.261 e. The minimum atomic E-state index is -3.64. The minimum Gasteiger partial charge on any atom is -0.355 e. The molecule has 5 nitrogen and oxygen atoms in total. The van der Waals surface area contributed by atoms with Crippen LogP contribution in [0.5, 0.6) is 0 Å². The van der Waals surface area contributed by atoms with Crippen LogP contribution >= 0.6 is 0 Å². The molecule has 2 aliphatic rings. The van der Waals surface area contributed by atoms with Crippen LogP contribution in [0, 0.1) is 5.92 Å². The van der Waals surface area contributed by atoms with Crippen molar-refractivity contribution in [3.8, 4) is 0 Å². The molecule has 0 heterocycles. The van der Waals surface area contributed by atoms with Gasteiger partial charge in [0.2, 0.25) is 5.91 Å². The standard InChI is InChI=1S/C26H34N2O3S/c1-2-6-20-9-15-24(16-10-20)32(30,31)28-23-13-11-22(12-14-23)26(17-18-26)25(29)27-19-21-7-4-3-5-8-21/h9-16,21,28H,2-8,17-19H2,1H3,(H,27,29). The van der Waals surface area contributed by atoms with Gasteiger partial charge in [-0.2, -0.15) is 0 Å². The SMILES string of the molecule is CCCc1ccc(S(=O)(=O)Nc2ccc(C3(C(=O)NCC4CCCCC4)CC3)cc2)cc1. The first-order valence-corrected chi connectivity index (χ1v) is 13.4. The number of carbonyl (C=O) groups is 1. The van der Waals surface area contributed by atoms with E-state index in [4.69, 9.17) is 0 Å². The topological polar surface area (TPSA) is 75.3 Å². The van der Waals surface area contributed by atoms with Crippen LogP contribution in [0.2, 0.25) is 0 Å². The number of aryl methyl sites for hydroxylation is 1. The van der Waals surface area contributed by atoms with Crippen LogP contribution in [0.3, 0.4) is 0 Å².